The molecule has 2 nitrogen and oxygen atoms in total. The van der Waals surface area contributed by atoms with Gasteiger partial charge in [-0.3, -0.25) is 0 Å². The molecular weight excluding hydrogens is 272 g/mol. The average molecular weight is 315 g/mol. The minimum atomic E-state index is -0.244. The highest BCUT2D eigenvalue weighted by Crippen LogP contribution is 2.39. The third-order valence-corrected chi connectivity index (χ3v) is 7.33. The zero-order valence-electron chi connectivity index (χ0n) is 16.7. The van der Waals surface area contributed by atoms with E-state index in [1.165, 1.54) is 0 Å². The van der Waals surface area contributed by atoms with Crippen molar-refractivity contribution in [3.8, 4) is 0 Å². The summed E-state index contributed by atoms with van der Waals surface area (Å²) in [6.45, 7) is 22.0. The van der Waals surface area contributed by atoms with Gasteiger partial charge in [0.15, 0.2) is 0 Å². The maximum absolute atomic E-state index is 9.86. The van der Waals surface area contributed by atoms with E-state index < -0.39 is 0 Å². The quantitative estimate of drug-likeness (QED) is 0.639. The molecule has 0 aliphatic rings. The lowest BCUT2D eigenvalue weighted by atomic mass is 9.66. The molecule has 0 fully saturated rings. The lowest BCUT2D eigenvalue weighted by Crippen LogP contribution is -2.35. The first-order valence-electron chi connectivity index (χ1n) is 9.29. The summed E-state index contributed by atoms with van der Waals surface area (Å²) in [5, 5.41) is 19.7. The average Bonchev–Trinajstić information content (AvgIpc) is 2.48. The third-order valence-electron chi connectivity index (χ3n) is 7.33. The molecule has 0 bridgehead atoms. The summed E-state index contributed by atoms with van der Waals surface area (Å²) >= 11 is 0. The number of hydrogen-bond donors (Lipinski definition) is 2. The van der Waals surface area contributed by atoms with Crippen LogP contribution in [0.1, 0.15) is 69.2 Å². The van der Waals surface area contributed by atoms with Crippen LogP contribution in [-0.2, 0) is 0 Å². The summed E-state index contributed by atoms with van der Waals surface area (Å²) in [6, 6.07) is 0. The van der Waals surface area contributed by atoms with Gasteiger partial charge in [0.25, 0.3) is 0 Å². The highest BCUT2D eigenvalue weighted by molar-refractivity contribution is 4.82. The van der Waals surface area contributed by atoms with Crippen molar-refractivity contribution in [2.24, 2.45) is 47.3 Å². The summed E-state index contributed by atoms with van der Waals surface area (Å²) in [7, 11) is 0. The lowest BCUT2D eigenvalue weighted by molar-refractivity contribution is 0.0352. The number of rotatable bonds is 9. The van der Waals surface area contributed by atoms with Crippen LogP contribution < -0.4 is 0 Å². The normalized spacial score (nSPS) is 26.2. The summed E-state index contributed by atoms with van der Waals surface area (Å²) in [6.07, 6.45) is -0.488. The Morgan fingerprint density at radius 2 is 0.455 bits per heavy atom. The van der Waals surface area contributed by atoms with E-state index in [1.54, 1.807) is 0 Å². The minimum absolute atomic E-state index is 0.244. The number of aliphatic hydroxyl groups excluding tert-OH is 2. The van der Waals surface area contributed by atoms with Gasteiger partial charge in [0.2, 0.25) is 0 Å². The van der Waals surface area contributed by atoms with Crippen molar-refractivity contribution in [1.29, 1.82) is 0 Å². The van der Waals surface area contributed by atoms with E-state index in [0.717, 1.165) is 0 Å². The van der Waals surface area contributed by atoms with Crippen LogP contribution in [0.3, 0.4) is 0 Å². The Morgan fingerprint density at radius 1 is 0.318 bits per heavy atom. The standard InChI is InChI=1S/C20H42O2/c1-11(13(3)15(5)17(7)19(9)21)12(2)14(4)16(6)18(8)20(10)22/h11-22H,1-10H3/t11-,12-,13+,14+,15-,16-,17+,18+,19-,20-/m1/s1. The van der Waals surface area contributed by atoms with Crippen LogP contribution in [0.2, 0.25) is 0 Å². The highest BCUT2D eigenvalue weighted by atomic mass is 16.3. The van der Waals surface area contributed by atoms with Gasteiger partial charge in [0.05, 0.1) is 12.2 Å². The smallest absolute Gasteiger partial charge is 0.0540 e. The van der Waals surface area contributed by atoms with E-state index in [2.05, 4.69) is 55.4 Å². The van der Waals surface area contributed by atoms with E-state index in [9.17, 15) is 10.2 Å². The van der Waals surface area contributed by atoms with Gasteiger partial charge in [-0.15, -0.1) is 0 Å². The van der Waals surface area contributed by atoms with Gasteiger partial charge in [-0.25, -0.2) is 0 Å². The lowest BCUT2D eigenvalue weighted by Gasteiger charge is -2.40. The van der Waals surface area contributed by atoms with Gasteiger partial charge in [0, 0.05) is 0 Å². The Bertz CT molecular complexity index is 270. The Hall–Kier alpha value is -0.0800. The van der Waals surface area contributed by atoms with Crippen molar-refractivity contribution >= 4 is 0 Å². The molecule has 0 rings (SSSR count). The molecule has 0 unspecified atom stereocenters. The largest absolute Gasteiger partial charge is 0.393 e. The number of hydrogen-bond acceptors (Lipinski definition) is 2. The van der Waals surface area contributed by atoms with Crippen LogP contribution in [-0.4, -0.2) is 22.4 Å². The molecule has 0 aromatic carbocycles. The van der Waals surface area contributed by atoms with Crippen molar-refractivity contribution in [3.63, 3.8) is 0 Å². The number of aliphatic hydroxyl groups is 2. The molecule has 22 heavy (non-hydrogen) atoms. The minimum Gasteiger partial charge on any atom is -0.393 e. The van der Waals surface area contributed by atoms with Gasteiger partial charge in [-0.05, 0) is 61.2 Å². The van der Waals surface area contributed by atoms with Gasteiger partial charge < -0.3 is 10.2 Å². The molecule has 0 heterocycles. The fourth-order valence-electron chi connectivity index (χ4n) is 3.75. The van der Waals surface area contributed by atoms with Crippen LogP contribution in [0, 0.1) is 47.3 Å². The molecule has 0 aromatic rings. The van der Waals surface area contributed by atoms with E-state index in [4.69, 9.17) is 0 Å². The summed E-state index contributed by atoms with van der Waals surface area (Å²) in [4.78, 5) is 0. The maximum Gasteiger partial charge on any atom is 0.0540 e. The predicted octanol–water partition coefficient (Wildman–Crippen LogP) is 4.84. The Balaban J connectivity index is 4.86. The fourth-order valence-corrected chi connectivity index (χ4v) is 3.75. The van der Waals surface area contributed by atoms with Crippen LogP contribution in [0.25, 0.3) is 0 Å². The zero-order chi connectivity index (χ0) is 17.8. The van der Waals surface area contributed by atoms with E-state index >= 15 is 0 Å². The molecule has 0 saturated carbocycles. The second-order valence-corrected chi connectivity index (χ2v) is 8.35. The van der Waals surface area contributed by atoms with Crippen molar-refractivity contribution < 1.29 is 10.2 Å². The fraction of sp³-hybridized carbons (Fsp3) is 1.00. The van der Waals surface area contributed by atoms with Crippen LogP contribution >= 0.6 is 0 Å². The molecular formula is C20H42O2. The van der Waals surface area contributed by atoms with Crippen molar-refractivity contribution in [3.05, 3.63) is 0 Å². The van der Waals surface area contributed by atoms with E-state index in [0.29, 0.717) is 47.3 Å². The second-order valence-electron chi connectivity index (χ2n) is 8.35. The first-order valence-corrected chi connectivity index (χ1v) is 9.29. The first kappa shape index (κ1) is 21.9. The molecule has 0 spiro atoms. The van der Waals surface area contributed by atoms with Gasteiger partial charge in [-0.2, -0.15) is 0 Å². The van der Waals surface area contributed by atoms with Crippen molar-refractivity contribution in [1.82, 2.24) is 0 Å². The molecule has 134 valence electrons. The molecule has 0 amide bonds. The van der Waals surface area contributed by atoms with Gasteiger partial charge in [0.1, 0.15) is 0 Å². The molecule has 2 heteroatoms. The van der Waals surface area contributed by atoms with Gasteiger partial charge >= 0.3 is 0 Å². The Labute approximate surface area is 139 Å². The maximum atomic E-state index is 9.86. The SMILES string of the molecule is C[C@H]([C@@H](C)[C@H](C)[C@@H](C)[C@H](C)[C@@H](C)O)[C@H](C)[C@@H](C)[C@H](C)[C@@H](C)O. The molecule has 0 aromatic heterocycles. The summed E-state index contributed by atoms with van der Waals surface area (Å²) < 4.78 is 0. The molecule has 10 atom stereocenters. The Kier molecular flexibility index (Phi) is 9.24. The summed E-state index contributed by atoms with van der Waals surface area (Å²) in [5.74, 6) is 4.04. The first-order chi connectivity index (χ1) is 9.93. The topological polar surface area (TPSA) is 40.5 Å². The van der Waals surface area contributed by atoms with Gasteiger partial charge in [-0.1, -0.05) is 55.4 Å². The van der Waals surface area contributed by atoms with Crippen molar-refractivity contribution in [2.45, 2.75) is 81.4 Å². The molecule has 0 radical (unpaired) electrons. The van der Waals surface area contributed by atoms with Crippen molar-refractivity contribution in [2.75, 3.05) is 0 Å². The monoisotopic (exact) mass is 314 g/mol. The third kappa shape index (κ3) is 5.53. The van der Waals surface area contributed by atoms with Crippen LogP contribution in [0.5, 0.6) is 0 Å². The molecule has 0 saturated heterocycles. The second kappa shape index (κ2) is 9.27. The molecule has 0 aliphatic heterocycles. The van der Waals surface area contributed by atoms with Crippen LogP contribution in [0.4, 0.5) is 0 Å². The van der Waals surface area contributed by atoms with E-state index in [-0.39, 0.29) is 12.2 Å². The molecule has 2 N–H and O–H groups in total. The van der Waals surface area contributed by atoms with E-state index in [1.807, 2.05) is 13.8 Å². The van der Waals surface area contributed by atoms with Crippen LogP contribution in [0.15, 0.2) is 0 Å². The predicted molar refractivity (Wildman–Crippen MR) is 96.7 cm³/mol. The Morgan fingerprint density at radius 3 is 0.591 bits per heavy atom. The zero-order valence-corrected chi connectivity index (χ0v) is 16.7. The summed E-state index contributed by atoms with van der Waals surface area (Å²) in [5.41, 5.74) is 0. The molecule has 0 aliphatic carbocycles. The highest BCUT2D eigenvalue weighted by Gasteiger charge is 2.34.